The number of rotatable bonds is 3. The van der Waals surface area contributed by atoms with E-state index in [2.05, 4.69) is 18.2 Å². The van der Waals surface area contributed by atoms with Crippen LogP contribution in [0.1, 0.15) is 28.4 Å². The number of fused-ring (bicyclic) bond motifs is 4. The molecule has 152 valence electrons. The van der Waals surface area contributed by atoms with Crippen LogP contribution in [0.15, 0.2) is 76.4 Å². The fourth-order valence-corrected chi connectivity index (χ4v) is 5.27. The van der Waals surface area contributed by atoms with E-state index < -0.39 is 0 Å². The highest BCUT2D eigenvalue weighted by molar-refractivity contribution is 7.98. The fourth-order valence-electron chi connectivity index (χ4n) is 4.87. The molecule has 2 aliphatic heterocycles. The van der Waals surface area contributed by atoms with Crippen molar-refractivity contribution in [1.29, 1.82) is 0 Å². The van der Waals surface area contributed by atoms with E-state index in [9.17, 15) is 9.59 Å². The fraction of sp³-hybridized carbons (Fsp3) is 0.280. The third kappa shape index (κ3) is 3.37. The number of pyridine rings is 1. The molecule has 0 spiro atoms. The number of nitrogens with zero attached hydrogens (tertiary/aromatic N) is 2. The van der Waals surface area contributed by atoms with Crippen LogP contribution >= 0.6 is 11.8 Å². The summed E-state index contributed by atoms with van der Waals surface area (Å²) in [6.45, 7) is 2.06. The maximum atomic E-state index is 13.3. The normalized spacial score (nSPS) is 20.0. The highest BCUT2D eigenvalue weighted by Crippen LogP contribution is 2.36. The number of hydrogen-bond acceptors (Lipinski definition) is 3. The number of carbonyl (C=O) groups is 1. The first-order chi connectivity index (χ1) is 14.6. The largest absolute Gasteiger partial charge is 0.338 e. The molecular weight excluding hydrogens is 392 g/mol. The smallest absolute Gasteiger partial charge is 0.258 e. The van der Waals surface area contributed by atoms with E-state index in [0.29, 0.717) is 25.6 Å². The number of carbonyl (C=O) groups excluding carboxylic acids is 1. The van der Waals surface area contributed by atoms with E-state index in [1.54, 1.807) is 11.8 Å². The van der Waals surface area contributed by atoms with Crippen molar-refractivity contribution in [2.75, 3.05) is 19.3 Å². The average molecular weight is 417 g/mol. The van der Waals surface area contributed by atoms with Gasteiger partial charge in [0.15, 0.2) is 0 Å². The number of piperidine rings is 1. The molecule has 30 heavy (non-hydrogen) atoms. The minimum Gasteiger partial charge on any atom is -0.338 e. The summed E-state index contributed by atoms with van der Waals surface area (Å²) in [5.74, 6) is 0.619. The van der Waals surface area contributed by atoms with Gasteiger partial charge in [0.05, 0.1) is 0 Å². The van der Waals surface area contributed by atoms with Crippen LogP contribution in [0.4, 0.5) is 0 Å². The summed E-state index contributed by atoms with van der Waals surface area (Å²) in [5.41, 5.74) is 3.60. The third-order valence-electron chi connectivity index (χ3n) is 6.31. The Bertz CT molecular complexity index is 1140. The molecule has 2 atom stereocenters. The number of benzene rings is 2. The zero-order valence-corrected chi connectivity index (χ0v) is 17.8. The van der Waals surface area contributed by atoms with Gasteiger partial charge < -0.3 is 9.47 Å². The van der Waals surface area contributed by atoms with Crippen LogP contribution in [0, 0.1) is 5.92 Å². The van der Waals surface area contributed by atoms with Crippen molar-refractivity contribution in [2.45, 2.75) is 23.8 Å². The molecule has 5 rings (SSSR count). The number of aromatic nitrogens is 1. The quantitative estimate of drug-likeness (QED) is 0.591. The van der Waals surface area contributed by atoms with Gasteiger partial charge in [0.25, 0.3) is 11.5 Å². The Morgan fingerprint density at radius 1 is 0.933 bits per heavy atom. The van der Waals surface area contributed by atoms with Crippen LogP contribution in [-0.2, 0) is 6.54 Å². The second-order valence-corrected chi connectivity index (χ2v) is 9.07. The Kier molecular flexibility index (Phi) is 4.99. The van der Waals surface area contributed by atoms with Crippen molar-refractivity contribution in [2.24, 2.45) is 5.92 Å². The van der Waals surface area contributed by atoms with Crippen LogP contribution in [0.5, 0.6) is 0 Å². The Balaban J connectivity index is 1.45. The molecule has 1 amide bonds. The van der Waals surface area contributed by atoms with Gasteiger partial charge in [-0.2, -0.15) is 0 Å². The summed E-state index contributed by atoms with van der Waals surface area (Å²) < 4.78 is 1.96. The zero-order valence-electron chi connectivity index (χ0n) is 17.0. The van der Waals surface area contributed by atoms with Crippen molar-refractivity contribution in [3.8, 4) is 11.1 Å². The molecule has 5 heteroatoms. The first-order valence-electron chi connectivity index (χ1n) is 10.4. The van der Waals surface area contributed by atoms with Crippen LogP contribution in [-0.4, -0.2) is 34.7 Å². The lowest BCUT2D eigenvalue weighted by Crippen LogP contribution is -2.49. The Morgan fingerprint density at radius 2 is 1.70 bits per heavy atom. The Morgan fingerprint density at radius 3 is 2.43 bits per heavy atom. The van der Waals surface area contributed by atoms with E-state index in [-0.39, 0.29) is 17.4 Å². The van der Waals surface area contributed by atoms with E-state index in [1.807, 2.05) is 64.3 Å². The predicted octanol–water partition coefficient (Wildman–Crippen LogP) is 4.50. The topological polar surface area (TPSA) is 42.3 Å². The summed E-state index contributed by atoms with van der Waals surface area (Å²) in [4.78, 5) is 29.4. The molecule has 0 aliphatic carbocycles. The van der Waals surface area contributed by atoms with Crippen LogP contribution in [0.3, 0.4) is 0 Å². The maximum absolute atomic E-state index is 13.3. The zero-order chi connectivity index (χ0) is 20.7. The van der Waals surface area contributed by atoms with Gasteiger partial charge in [-0.3, -0.25) is 9.59 Å². The van der Waals surface area contributed by atoms with Crippen molar-refractivity contribution in [3.63, 3.8) is 0 Å². The lowest BCUT2D eigenvalue weighted by Gasteiger charge is -2.43. The monoisotopic (exact) mass is 416 g/mol. The standard InChI is InChI=1S/C25H24N2O2S/c1-30-21-9-7-18(8-10-21)22-11-12-23-20-13-17(15-27(23)25(22)29)14-26(16-20)24(28)19-5-3-2-4-6-19/h2-12,17,20H,13-16H2,1H3/t17-,20+/m0/s1. The van der Waals surface area contributed by atoms with Crippen molar-refractivity contribution in [3.05, 3.63) is 88.3 Å². The molecule has 0 N–H and O–H groups in total. The minimum atomic E-state index is 0.0851. The van der Waals surface area contributed by atoms with Gasteiger partial charge >= 0.3 is 0 Å². The van der Waals surface area contributed by atoms with E-state index in [1.165, 1.54) is 4.90 Å². The van der Waals surface area contributed by atoms with Crippen LogP contribution in [0.2, 0.25) is 0 Å². The van der Waals surface area contributed by atoms with Crippen molar-refractivity contribution >= 4 is 17.7 Å². The molecule has 0 saturated carbocycles. The Hall–Kier alpha value is -2.79. The van der Waals surface area contributed by atoms with E-state index >= 15 is 0 Å². The first-order valence-corrected chi connectivity index (χ1v) is 11.6. The lowest BCUT2D eigenvalue weighted by atomic mass is 9.82. The molecule has 1 fully saturated rings. The molecule has 4 nitrogen and oxygen atoms in total. The predicted molar refractivity (Wildman–Crippen MR) is 121 cm³/mol. The van der Waals surface area contributed by atoms with E-state index in [0.717, 1.165) is 28.8 Å². The van der Waals surface area contributed by atoms with Gasteiger partial charge in [0.2, 0.25) is 0 Å². The summed E-state index contributed by atoms with van der Waals surface area (Å²) in [6, 6.07) is 21.7. The summed E-state index contributed by atoms with van der Waals surface area (Å²) in [7, 11) is 0. The van der Waals surface area contributed by atoms with Gasteiger partial charge in [-0.15, -0.1) is 11.8 Å². The Labute approximate surface area is 180 Å². The molecule has 2 bridgehead atoms. The average Bonchev–Trinajstić information content (AvgIpc) is 2.80. The molecule has 3 heterocycles. The molecule has 2 aromatic carbocycles. The first kappa shape index (κ1) is 19.2. The van der Waals surface area contributed by atoms with Gasteiger partial charge in [-0.1, -0.05) is 30.3 Å². The summed E-state index contributed by atoms with van der Waals surface area (Å²) in [6.07, 6.45) is 3.09. The van der Waals surface area contributed by atoms with Gasteiger partial charge in [-0.05, 0) is 60.6 Å². The number of likely N-dealkylation sites (tertiary alicyclic amines) is 1. The van der Waals surface area contributed by atoms with Gasteiger partial charge in [-0.25, -0.2) is 0 Å². The summed E-state index contributed by atoms with van der Waals surface area (Å²) >= 11 is 1.70. The highest BCUT2D eigenvalue weighted by atomic mass is 32.2. The molecule has 2 aliphatic rings. The molecule has 0 radical (unpaired) electrons. The SMILES string of the molecule is CSc1ccc(-c2ccc3n(c2=O)C[C@H]2C[C@@H]3CN(C(=O)c3ccccc3)C2)cc1. The second-order valence-electron chi connectivity index (χ2n) is 8.19. The van der Waals surface area contributed by atoms with Crippen molar-refractivity contribution < 1.29 is 4.79 Å². The minimum absolute atomic E-state index is 0.0851. The van der Waals surface area contributed by atoms with Gasteiger partial charge in [0, 0.05) is 47.3 Å². The second kappa shape index (κ2) is 7.80. The van der Waals surface area contributed by atoms with Crippen LogP contribution in [0.25, 0.3) is 11.1 Å². The number of thioether (sulfide) groups is 1. The van der Waals surface area contributed by atoms with Gasteiger partial charge in [0.1, 0.15) is 0 Å². The summed E-state index contributed by atoms with van der Waals surface area (Å²) in [5, 5.41) is 0. The molecule has 1 saturated heterocycles. The number of hydrogen-bond donors (Lipinski definition) is 0. The third-order valence-corrected chi connectivity index (χ3v) is 7.06. The highest BCUT2D eigenvalue weighted by Gasteiger charge is 2.36. The maximum Gasteiger partial charge on any atom is 0.258 e. The lowest BCUT2D eigenvalue weighted by molar-refractivity contribution is 0.0594. The molecule has 1 aromatic heterocycles. The van der Waals surface area contributed by atoms with Crippen LogP contribution < -0.4 is 5.56 Å². The van der Waals surface area contributed by atoms with Crippen molar-refractivity contribution in [1.82, 2.24) is 9.47 Å². The number of amides is 1. The molecular formula is C25H24N2O2S. The molecule has 0 unspecified atom stereocenters. The molecule has 3 aromatic rings. The van der Waals surface area contributed by atoms with E-state index in [4.69, 9.17) is 0 Å².